The highest BCUT2D eigenvalue weighted by atomic mass is 79.9. The van der Waals surface area contributed by atoms with Gasteiger partial charge in [0.05, 0.1) is 10.7 Å². The fraction of sp³-hybridized carbons (Fsp3) is 0.300. The van der Waals surface area contributed by atoms with Crippen LogP contribution in [0.3, 0.4) is 0 Å². The van der Waals surface area contributed by atoms with Crippen LogP contribution in [0.1, 0.15) is 15.6 Å². The van der Waals surface area contributed by atoms with E-state index in [4.69, 9.17) is 0 Å². The van der Waals surface area contributed by atoms with Crippen molar-refractivity contribution in [3.05, 3.63) is 36.9 Å². The minimum Gasteiger partial charge on any atom is -0.306 e. The molecule has 0 radical (unpaired) electrons. The van der Waals surface area contributed by atoms with Crippen LogP contribution in [0.25, 0.3) is 0 Å². The number of halogens is 1. The first-order valence-electron chi connectivity index (χ1n) is 4.59. The van der Waals surface area contributed by atoms with Crippen LogP contribution in [0.15, 0.2) is 21.3 Å². The van der Waals surface area contributed by atoms with Gasteiger partial charge in [0.15, 0.2) is 0 Å². The van der Waals surface area contributed by atoms with Crippen molar-refractivity contribution in [2.45, 2.75) is 20.0 Å². The van der Waals surface area contributed by atoms with Gasteiger partial charge in [-0.15, -0.1) is 22.7 Å². The van der Waals surface area contributed by atoms with E-state index in [0.717, 1.165) is 23.8 Å². The van der Waals surface area contributed by atoms with E-state index in [-0.39, 0.29) is 0 Å². The molecule has 80 valence electrons. The molecule has 0 atom stereocenters. The van der Waals surface area contributed by atoms with E-state index in [1.165, 1.54) is 9.35 Å². The van der Waals surface area contributed by atoms with Crippen molar-refractivity contribution in [1.82, 2.24) is 10.3 Å². The van der Waals surface area contributed by atoms with Crippen LogP contribution in [0.5, 0.6) is 0 Å². The predicted octanol–water partition coefficient (Wildman–Crippen LogP) is 3.57. The second-order valence-electron chi connectivity index (χ2n) is 3.15. The number of hydrogen-bond donors (Lipinski definition) is 1. The minimum absolute atomic E-state index is 0.842. The monoisotopic (exact) mass is 302 g/mol. The maximum atomic E-state index is 4.40. The fourth-order valence-corrected chi connectivity index (χ4v) is 3.32. The Balaban J connectivity index is 1.83. The van der Waals surface area contributed by atoms with E-state index in [1.54, 1.807) is 22.7 Å². The summed E-state index contributed by atoms with van der Waals surface area (Å²) in [6.07, 6.45) is 0. The molecule has 0 aliphatic rings. The van der Waals surface area contributed by atoms with Crippen molar-refractivity contribution in [3.8, 4) is 0 Å². The first kappa shape index (κ1) is 11.3. The van der Waals surface area contributed by atoms with Gasteiger partial charge in [0.25, 0.3) is 0 Å². The van der Waals surface area contributed by atoms with E-state index in [1.807, 2.05) is 6.92 Å². The maximum absolute atomic E-state index is 4.40. The standard InChI is InChI=1S/C10H11BrN2S2/c1-7-13-8(6-15-7)4-12-5-10-9(11)2-3-14-10/h2-3,6,12H,4-5H2,1H3. The molecule has 2 rings (SSSR count). The van der Waals surface area contributed by atoms with Crippen molar-refractivity contribution in [1.29, 1.82) is 0 Å². The molecule has 0 amide bonds. The van der Waals surface area contributed by atoms with Gasteiger partial charge in [-0.05, 0) is 34.3 Å². The molecule has 2 nitrogen and oxygen atoms in total. The molecule has 2 aromatic rings. The van der Waals surface area contributed by atoms with Crippen molar-refractivity contribution in [2.24, 2.45) is 0 Å². The van der Waals surface area contributed by atoms with Crippen molar-refractivity contribution < 1.29 is 0 Å². The van der Waals surface area contributed by atoms with Crippen LogP contribution in [0.2, 0.25) is 0 Å². The topological polar surface area (TPSA) is 24.9 Å². The van der Waals surface area contributed by atoms with E-state index >= 15 is 0 Å². The molecule has 0 fully saturated rings. The number of aromatic nitrogens is 1. The summed E-state index contributed by atoms with van der Waals surface area (Å²) in [5.74, 6) is 0. The average molecular weight is 303 g/mol. The quantitative estimate of drug-likeness (QED) is 0.934. The molecule has 5 heteroatoms. The summed E-state index contributed by atoms with van der Waals surface area (Å²) in [4.78, 5) is 5.73. The Kier molecular flexibility index (Phi) is 3.91. The van der Waals surface area contributed by atoms with Crippen molar-refractivity contribution in [2.75, 3.05) is 0 Å². The first-order valence-corrected chi connectivity index (χ1v) is 7.14. The molecule has 0 saturated heterocycles. The molecular weight excluding hydrogens is 292 g/mol. The lowest BCUT2D eigenvalue weighted by Crippen LogP contribution is -2.12. The third-order valence-corrected chi connectivity index (χ3v) is 4.70. The zero-order valence-corrected chi connectivity index (χ0v) is 11.5. The minimum atomic E-state index is 0.842. The van der Waals surface area contributed by atoms with E-state index < -0.39 is 0 Å². The number of rotatable bonds is 4. The van der Waals surface area contributed by atoms with Gasteiger partial charge in [-0.3, -0.25) is 0 Å². The lowest BCUT2D eigenvalue weighted by Gasteiger charge is -2.00. The third kappa shape index (κ3) is 3.11. The second-order valence-corrected chi connectivity index (χ2v) is 6.07. The summed E-state index contributed by atoms with van der Waals surface area (Å²) in [5.41, 5.74) is 1.13. The summed E-state index contributed by atoms with van der Waals surface area (Å²) in [7, 11) is 0. The summed E-state index contributed by atoms with van der Waals surface area (Å²) < 4.78 is 1.19. The van der Waals surface area contributed by atoms with Crippen LogP contribution >= 0.6 is 38.6 Å². The number of thiophene rings is 1. The zero-order chi connectivity index (χ0) is 10.7. The highest BCUT2D eigenvalue weighted by molar-refractivity contribution is 9.10. The van der Waals surface area contributed by atoms with Gasteiger partial charge in [-0.2, -0.15) is 0 Å². The number of hydrogen-bond acceptors (Lipinski definition) is 4. The lowest BCUT2D eigenvalue weighted by molar-refractivity contribution is 0.687. The lowest BCUT2D eigenvalue weighted by atomic mass is 10.4. The molecular formula is C10H11BrN2S2. The second kappa shape index (κ2) is 5.21. The summed E-state index contributed by atoms with van der Waals surface area (Å²) >= 11 is 6.97. The Hall–Kier alpha value is -0.230. The molecule has 0 aromatic carbocycles. The Bertz CT molecular complexity index is 436. The largest absolute Gasteiger partial charge is 0.306 e. The molecule has 0 aliphatic heterocycles. The Morgan fingerprint density at radius 2 is 2.27 bits per heavy atom. The van der Waals surface area contributed by atoms with Gasteiger partial charge in [-0.25, -0.2) is 4.98 Å². The van der Waals surface area contributed by atoms with Gasteiger partial charge in [-0.1, -0.05) is 0 Å². The molecule has 2 heterocycles. The third-order valence-electron chi connectivity index (χ3n) is 1.95. The molecule has 2 aromatic heterocycles. The first-order chi connectivity index (χ1) is 7.25. The molecule has 0 unspecified atom stereocenters. The number of thiazole rings is 1. The highest BCUT2D eigenvalue weighted by Crippen LogP contribution is 2.22. The van der Waals surface area contributed by atoms with Crippen LogP contribution in [0.4, 0.5) is 0 Å². The Labute approximate surface area is 106 Å². The van der Waals surface area contributed by atoms with Crippen LogP contribution in [-0.2, 0) is 13.1 Å². The van der Waals surface area contributed by atoms with E-state index in [2.05, 4.69) is 43.1 Å². The maximum Gasteiger partial charge on any atom is 0.0897 e. The van der Waals surface area contributed by atoms with Gasteiger partial charge >= 0.3 is 0 Å². The van der Waals surface area contributed by atoms with E-state index in [9.17, 15) is 0 Å². The summed E-state index contributed by atoms with van der Waals surface area (Å²) in [6.45, 7) is 3.77. The van der Waals surface area contributed by atoms with Gasteiger partial charge in [0.1, 0.15) is 0 Å². The normalized spacial score (nSPS) is 10.8. The molecule has 1 N–H and O–H groups in total. The molecule has 0 saturated carbocycles. The number of nitrogens with one attached hydrogen (secondary N) is 1. The van der Waals surface area contributed by atoms with Crippen LogP contribution < -0.4 is 5.32 Å². The van der Waals surface area contributed by atoms with Gasteiger partial charge in [0, 0.05) is 27.8 Å². The average Bonchev–Trinajstić information content (AvgIpc) is 2.77. The smallest absolute Gasteiger partial charge is 0.0897 e. The zero-order valence-electron chi connectivity index (χ0n) is 8.29. The van der Waals surface area contributed by atoms with Crippen molar-refractivity contribution in [3.63, 3.8) is 0 Å². The van der Waals surface area contributed by atoms with Crippen molar-refractivity contribution >= 4 is 38.6 Å². The fourth-order valence-electron chi connectivity index (χ4n) is 1.24. The molecule has 0 bridgehead atoms. The van der Waals surface area contributed by atoms with Crippen LogP contribution in [-0.4, -0.2) is 4.98 Å². The number of nitrogens with zero attached hydrogens (tertiary/aromatic N) is 1. The highest BCUT2D eigenvalue weighted by Gasteiger charge is 2.01. The summed E-state index contributed by atoms with van der Waals surface area (Å²) in [5, 5.41) is 8.71. The van der Waals surface area contributed by atoms with Gasteiger partial charge < -0.3 is 5.32 Å². The number of aryl methyl sites for hydroxylation is 1. The Morgan fingerprint density at radius 3 is 2.87 bits per heavy atom. The van der Waals surface area contributed by atoms with E-state index in [0.29, 0.717) is 0 Å². The van der Waals surface area contributed by atoms with Gasteiger partial charge in [0.2, 0.25) is 0 Å². The molecule has 15 heavy (non-hydrogen) atoms. The predicted molar refractivity (Wildman–Crippen MR) is 69.4 cm³/mol. The molecule has 0 spiro atoms. The SMILES string of the molecule is Cc1nc(CNCc2sccc2Br)cs1. The Morgan fingerprint density at radius 1 is 1.40 bits per heavy atom. The molecule has 0 aliphatic carbocycles. The summed E-state index contributed by atoms with van der Waals surface area (Å²) in [6, 6.07) is 2.08. The van der Waals surface area contributed by atoms with Crippen LogP contribution in [0, 0.1) is 6.92 Å².